The number of nitrogens with zero attached hydrogens (tertiary/aromatic N) is 1. The molecule has 3 heterocycles. The quantitative estimate of drug-likeness (QED) is 0.754. The largest absolute Gasteiger partial charge is 0.493 e. The van der Waals surface area contributed by atoms with Crippen molar-refractivity contribution in [2.45, 2.75) is 32.1 Å². The maximum atomic E-state index is 12.3. The lowest BCUT2D eigenvalue weighted by atomic mass is 9.93. The molecule has 1 saturated heterocycles. The second-order valence-corrected chi connectivity index (χ2v) is 7.11. The summed E-state index contributed by atoms with van der Waals surface area (Å²) < 4.78 is 5.56. The zero-order valence-corrected chi connectivity index (χ0v) is 17.4. The predicted octanol–water partition coefficient (Wildman–Crippen LogP) is 4.25. The van der Waals surface area contributed by atoms with E-state index in [0.29, 0.717) is 18.2 Å². The van der Waals surface area contributed by atoms with Crippen LogP contribution in [0.3, 0.4) is 0 Å². The van der Waals surface area contributed by atoms with Crippen LogP contribution < -0.4 is 15.4 Å². The SMILES string of the molecule is Cl.Cl.O=C(CCC1CCNCC1)Nc1cccc(-c2ccc3c(c2)CCO3)n1. The van der Waals surface area contributed by atoms with E-state index in [4.69, 9.17) is 4.74 Å². The van der Waals surface area contributed by atoms with Crippen LogP contribution >= 0.6 is 24.8 Å². The van der Waals surface area contributed by atoms with Crippen molar-refractivity contribution in [2.24, 2.45) is 5.92 Å². The van der Waals surface area contributed by atoms with Gasteiger partial charge >= 0.3 is 0 Å². The van der Waals surface area contributed by atoms with Gasteiger partial charge in [-0.2, -0.15) is 0 Å². The van der Waals surface area contributed by atoms with Gasteiger partial charge in [0.15, 0.2) is 0 Å². The molecule has 152 valence electrons. The normalized spacial score (nSPS) is 15.6. The van der Waals surface area contributed by atoms with Crippen molar-refractivity contribution in [1.29, 1.82) is 0 Å². The first-order valence-electron chi connectivity index (χ1n) is 9.52. The Morgan fingerprint density at radius 3 is 2.82 bits per heavy atom. The van der Waals surface area contributed by atoms with E-state index in [1.54, 1.807) is 0 Å². The molecule has 2 aliphatic heterocycles. The molecular weight excluding hydrogens is 397 g/mol. The number of carbonyl (C=O) groups excluding carboxylic acids is 1. The number of anilines is 1. The fourth-order valence-corrected chi connectivity index (χ4v) is 3.72. The first-order valence-corrected chi connectivity index (χ1v) is 9.52. The van der Waals surface area contributed by atoms with Crippen LogP contribution in [-0.4, -0.2) is 30.6 Å². The van der Waals surface area contributed by atoms with E-state index in [1.165, 1.54) is 18.4 Å². The number of rotatable bonds is 5. The number of halogens is 2. The molecule has 7 heteroatoms. The number of ether oxygens (including phenoxy) is 1. The van der Waals surface area contributed by atoms with Gasteiger partial charge in [-0.25, -0.2) is 4.98 Å². The minimum atomic E-state index is 0. The zero-order chi connectivity index (χ0) is 17.8. The average molecular weight is 424 g/mol. The van der Waals surface area contributed by atoms with Crippen LogP contribution in [0, 0.1) is 5.92 Å². The number of aromatic nitrogens is 1. The summed E-state index contributed by atoms with van der Waals surface area (Å²) in [6.07, 6.45) is 4.80. The summed E-state index contributed by atoms with van der Waals surface area (Å²) in [6, 6.07) is 11.9. The van der Waals surface area contributed by atoms with E-state index < -0.39 is 0 Å². The molecular formula is C21H27Cl2N3O2. The maximum Gasteiger partial charge on any atom is 0.225 e. The number of nitrogens with one attached hydrogen (secondary N) is 2. The Balaban J connectivity index is 0.00000140. The third-order valence-corrected chi connectivity index (χ3v) is 5.24. The van der Waals surface area contributed by atoms with E-state index in [-0.39, 0.29) is 30.7 Å². The summed E-state index contributed by atoms with van der Waals surface area (Å²) in [5.74, 6) is 2.30. The lowest BCUT2D eigenvalue weighted by Gasteiger charge is -2.22. The van der Waals surface area contributed by atoms with Gasteiger partial charge in [0.2, 0.25) is 5.91 Å². The molecule has 0 spiro atoms. The highest BCUT2D eigenvalue weighted by atomic mass is 35.5. The van der Waals surface area contributed by atoms with Gasteiger partial charge in [0.05, 0.1) is 12.3 Å². The van der Waals surface area contributed by atoms with Crippen LogP contribution in [0.1, 0.15) is 31.2 Å². The molecule has 2 aromatic rings. The Kier molecular flexibility index (Phi) is 8.55. The van der Waals surface area contributed by atoms with Gasteiger partial charge in [0.1, 0.15) is 11.6 Å². The second-order valence-electron chi connectivity index (χ2n) is 7.11. The molecule has 0 aliphatic carbocycles. The molecule has 0 saturated carbocycles. The van der Waals surface area contributed by atoms with Crippen molar-refractivity contribution in [3.8, 4) is 17.0 Å². The van der Waals surface area contributed by atoms with Gasteiger partial charge in [-0.15, -0.1) is 24.8 Å². The third kappa shape index (κ3) is 5.60. The van der Waals surface area contributed by atoms with E-state index in [1.807, 2.05) is 30.3 Å². The Bertz CT molecular complexity index is 795. The van der Waals surface area contributed by atoms with Crippen molar-refractivity contribution in [1.82, 2.24) is 10.3 Å². The number of benzene rings is 1. The average Bonchev–Trinajstić information content (AvgIpc) is 3.15. The molecule has 2 aliphatic rings. The summed E-state index contributed by atoms with van der Waals surface area (Å²) in [7, 11) is 0. The number of hydrogen-bond donors (Lipinski definition) is 2. The Hall–Kier alpha value is -1.82. The number of piperidine rings is 1. The smallest absolute Gasteiger partial charge is 0.225 e. The van der Waals surface area contributed by atoms with Crippen LogP contribution in [0.15, 0.2) is 36.4 Å². The monoisotopic (exact) mass is 423 g/mol. The third-order valence-electron chi connectivity index (χ3n) is 5.24. The molecule has 28 heavy (non-hydrogen) atoms. The number of carbonyl (C=O) groups is 1. The van der Waals surface area contributed by atoms with Gasteiger partial charge in [0.25, 0.3) is 0 Å². The molecule has 0 unspecified atom stereocenters. The second kappa shape index (κ2) is 10.6. The Morgan fingerprint density at radius 1 is 1.18 bits per heavy atom. The fraction of sp³-hybridized carbons (Fsp3) is 0.429. The van der Waals surface area contributed by atoms with Crippen molar-refractivity contribution in [2.75, 3.05) is 25.0 Å². The van der Waals surface area contributed by atoms with Crippen LogP contribution in [0.4, 0.5) is 5.82 Å². The van der Waals surface area contributed by atoms with Crippen LogP contribution in [0.25, 0.3) is 11.3 Å². The summed E-state index contributed by atoms with van der Waals surface area (Å²) in [6.45, 7) is 2.89. The Morgan fingerprint density at radius 2 is 2.00 bits per heavy atom. The summed E-state index contributed by atoms with van der Waals surface area (Å²) in [4.78, 5) is 16.9. The van der Waals surface area contributed by atoms with Crippen molar-refractivity contribution in [3.05, 3.63) is 42.0 Å². The molecule has 0 bridgehead atoms. The number of pyridine rings is 1. The van der Waals surface area contributed by atoms with E-state index in [9.17, 15) is 4.79 Å². The van der Waals surface area contributed by atoms with E-state index in [0.717, 1.165) is 49.5 Å². The van der Waals surface area contributed by atoms with Gasteiger partial charge in [-0.05, 0) is 74.2 Å². The topological polar surface area (TPSA) is 63.2 Å². The zero-order valence-electron chi connectivity index (χ0n) is 15.8. The highest BCUT2D eigenvalue weighted by Crippen LogP contribution is 2.30. The molecule has 1 aromatic heterocycles. The molecule has 2 N–H and O–H groups in total. The van der Waals surface area contributed by atoms with Crippen LogP contribution in [-0.2, 0) is 11.2 Å². The lowest BCUT2D eigenvalue weighted by molar-refractivity contribution is -0.116. The van der Waals surface area contributed by atoms with Gasteiger partial charge in [-0.3, -0.25) is 4.79 Å². The summed E-state index contributed by atoms with van der Waals surface area (Å²) in [5.41, 5.74) is 3.15. The van der Waals surface area contributed by atoms with Crippen molar-refractivity contribution >= 4 is 36.5 Å². The minimum Gasteiger partial charge on any atom is -0.493 e. The van der Waals surface area contributed by atoms with Crippen molar-refractivity contribution in [3.63, 3.8) is 0 Å². The first-order chi connectivity index (χ1) is 12.8. The van der Waals surface area contributed by atoms with Crippen molar-refractivity contribution < 1.29 is 9.53 Å². The fourth-order valence-electron chi connectivity index (χ4n) is 3.72. The van der Waals surface area contributed by atoms with E-state index >= 15 is 0 Å². The molecule has 1 fully saturated rings. The summed E-state index contributed by atoms with van der Waals surface area (Å²) >= 11 is 0. The standard InChI is InChI=1S/C21H25N3O2.2ClH/c25-21(7-4-15-8-11-22-12-9-15)24-20-3-1-2-18(23-20)16-5-6-19-17(14-16)10-13-26-19;;/h1-3,5-6,14-15,22H,4,7-13H2,(H,23,24,25);2*1H. The maximum absolute atomic E-state index is 12.3. The lowest BCUT2D eigenvalue weighted by Crippen LogP contribution is -2.28. The molecule has 0 radical (unpaired) electrons. The number of hydrogen-bond acceptors (Lipinski definition) is 4. The Labute approximate surface area is 178 Å². The van der Waals surface area contributed by atoms with Crippen LogP contribution in [0.5, 0.6) is 5.75 Å². The highest BCUT2D eigenvalue weighted by Gasteiger charge is 2.16. The molecule has 0 atom stereocenters. The predicted molar refractivity (Wildman–Crippen MR) is 117 cm³/mol. The molecule has 1 aromatic carbocycles. The molecule has 5 nitrogen and oxygen atoms in total. The van der Waals surface area contributed by atoms with E-state index in [2.05, 4.69) is 21.7 Å². The van der Waals surface area contributed by atoms with Gasteiger partial charge in [-0.1, -0.05) is 6.07 Å². The summed E-state index contributed by atoms with van der Waals surface area (Å²) in [5, 5.41) is 6.31. The van der Waals surface area contributed by atoms with Crippen LogP contribution in [0.2, 0.25) is 0 Å². The highest BCUT2D eigenvalue weighted by molar-refractivity contribution is 5.90. The molecule has 4 rings (SSSR count). The van der Waals surface area contributed by atoms with Gasteiger partial charge < -0.3 is 15.4 Å². The number of fused-ring (bicyclic) bond motifs is 1. The minimum absolute atomic E-state index is 0. The number of amides is 1. The molecule has 1 amide bonds. The first kappa shape index (κ1) is 22.5. The van der Waals surface area contributed by atoms with Gasteiger partial charge in [0, 0.05) is 18.4 Å².